The molecule has 0 spiro atoms. The minimum Gasteiger partial charge on any atom is -0.338 e. The van der Waals surface area contributed by atoms with Gasteiger partial charge in [0.05, 0.1) is 0 Å². The van der Waals surface area contributed by atoms with E-state index in [1.165, 1.54) is 0 Å². The maximum atomic E-state index is 11.5. The first kappa shape index (κ1) is 12.4. The number of benzene rings is 1. The Balaban J connectivity index is 1.70. The second-order valence-corrected chi connectivity index (χ2v) is 5.03. The summed E-state index contributed by atoms with van der Waals surface area (Å²) in [7, 11) is 0. The van der Waals surface area contributed by atoms with Crippen LogP contribution in [0.15, 0.2) is 28.7 Å². The number of carbonyl (C=O) groups excluding carboxylic acids is 1. The van der Waals surface area contributed by atoms with Crippen LogP contribution in [0.4, 0.5) is 4.79 Å². The molecule has 5 heteroatoms. The highest BCUT2D eigenvalue weighted by atomic mass is 79.9. The van der Waals surface area contributed by atoms with Gasteiger partial charge in [-0.1, -0.05) is 34.1 Å². The van der Waals surface area contributed by atoms with Crippen LogP contribution in [0.1, 0.15) is 5.56 Å². The molecule has 1 aliphatic heterocycles. The van der Waals surface area contributed by atoms with Gasteiger partial charge in [-0.25, -0.2) is 4.79 Å². The Morgan fingerprint density at radius 3 is 2.76 bits per heavy atom. The van der Waals surface area contributed by atoms with Gasteiger partial charge in [0.2, 0.25) is 0 Å². The number of carbonyl (C=O) groups is 1. The summed E-state index contributed by atoms with van der Waals surface area (Å²) in [5, 5.41) is 8.88. The van der Waals surface area contributed by atoms with Crippen molar-refractivity contribution in [2.45, 2.75) is 6.54 Å². The maximum absolute atomic E-state index is 11.5. The molecule has 0 atom stereocenters. The third-order valence-electron chi connectivity index (χ3n) is 2.81. The molecule has 1 aromatic rings. The minimum absolute atomic E-state index is 0.104. The average molecular weight is 298 g/mol. The third-order valence-corrected chi connectivity index (χ3v) is 3.59. The number of urea groups is 1. The third kappa shape index (κ3) is 3.71. The van der Waals surface area contributed by atoms with E-state index in [4.69, 9.17) is 0 Å². The van der Waals surface area contributed by atoms with Crippen LogP contribution in [0.2, 0.25) is 0 Å². The summed E-state index contributed by atoms with van der Waals surface area (Å²) in [5.41, 5.74) is 1.08. The van der Waals surface area contributed by atoms with E-state index in [2.05, 4.69) is 31.9 Å². The van der Waals surface area contributed by atoms with E-state index in [-0.39, 0.29) is 6.03 Å². The van der Waals surface area contributed by atoms with Crippen LogP contribution >= 0.6 is 15.9 Å². The number of hydrogen-bond donors (Lipinski definition) is 3. The van der Waals surface area contributed by atoms with Crippen molar-refractivity contribution >= 4 is 22.0 Å². The van der Waals surface area contributed by atoms with Gasteiger partial charge in [-0.15, -0.1) is 0 Å². The lowest BCUT2D eigenvalue weighted by Gasteiger charge is -2.27. The summed E-state index contributed by atoms with van der Waals surface area (Å²) in [6, 6.07) is 7.76. The van der Waals surface area contributed by atoms with Crippen LogP contribution in [0.3, 0.4) is 0 Å². The molecule has 4 nitrogen and oxygen atoms in total. The molecule has 17 heavy (non-hydrogen) atoms. The fourth-order valence-electron chi connectivity index (χ4n) is 1.61. The van der Waals surface area contributed by atoms with Gasteiger partial charge in [0, 0.05) is 36.6 Å². The quantitative estimate of drug-likeness (QED) is 0.788. The number of hydrogen-bond acceptors (Lipinski definition) is 2. The van der Waals surface area contributed by atoms with Crippen LogP contribution in [0.5, 0.6) is 0 Å². The molecule has 1 aliphatic rings. The van der Waals surface area contributed by atoms with Gasteiger partial charge in [-0.05, 0) is 11.6 Å². The molecule has 1 heterocycles. The maximum Gasteiger partial charge on any atom is 0.315 e. The summed E-state index contributed by atoms with van der Waals surface area (Å²) in [5.74, 6) is 0.587. The zero-order valence-electron chi connectivity index (χ0n) is 9.50. The molecular weight excluding hydrogens is 282 g/mol. The predicted molar refractivity (Wildman–Crippen MR) is 70.7 cm³/mol. The summed E-state index contributed by atoms with van der Waals surface area (Å²) in [6.07, 6.45) is 0. The minimum atomic E-state index is -0.104. The Morgan fingerprint density at radius 1 is 1.35 bits per heavy atom. The molecule has 3 N–H and O–H groups in total. The first-order chi connectivity index (χ1) is 8.25. The standard InChI is InChI=1S/C12H16BrN3O/c13-11-4-2-1-3-10(11)8-16-12(17)15-7-9-5-14-6-9/h1-4,9,14H,5-8H2,(H2,15,16,17). The fraction of sp³-hybridized carbons (Fsp3) is 0.417. The van der Waals surface area contributed by atoms with Gasteiger partial charge in [0.1, 0.15) is 0 Å². The first-order valence-electron chi connectivity index (χ1n) is 5.71. The van der Waals surface area contributed by atoms with Crippen molar-refractivity contribution in [3.05, 3.63) is 34.3 Å². The molecule has 2 rings (SSSR count). The smallest absolute Gasteiger partial charge is 0.315 e. The topological polar surface area (TPSA) is 53.2 Å². The van der Waals surface area contributed by atoms with E-state index in [1.807, 2.05) is 24.3 Å². The van der Waals surface area contributed by atoms with E-state index in [9.17, 15) is 4.79 Å². The molecular formula is C12H16BrN3O. The van der Waals surface area contributed by atoms with Gasteiger partial charge in [-0.2, -0.15) is 0 Å². The molecule has 1 saturated heterocycles. The van der Waals surface area contributed by atoms with Gasteiger partial charge < -0.3 is 16.0 Å². The van der Waals surface area contributed by atoms with Crippen molar-refractivity contribution in [2.75, 3.05) is 19.6 Å². The molecule has 92 valence electrons. The highest BCUT2D eigenvalue weighted by Gasteiger charge is 2.16. The van der Waals surface area contributed by atoms with Gasteiger partial charge in [0.25, 0.3) is 0 Å². The second kappa shape index (κ2) is 6.02. The predicted octanol–water partition coefficient (Wildman–Crippen LogP) is 1.47. The normalized spacial score (nSPS) is 15.1. The van der Waals surface area contributed by atoms with Crippen molar-refractivity contribution in [3.8, 4) is 0 Å². The summed E-state index contributed by atoms with van der Waals surface area (Å²) >= 11 is 3.45. The number of amides is 2. The van der Waals surface area contributed by atoms with Crippen molar-refractivity contribution in [2.24, 2.45) is 5.92 Å². The van der Waals surface area contributed by atoms with Crippen LogP contribution in [-0.4, -0.2) is 25.7 Å². The molecule has 0 aliphatic carbocycles. The summed E-state index contributed by atoms with van der Waals surface area (Å²) in [6.45, 7) is 3.29. The largest absolute Gasteiger partial charge is 0.338 e. The van der Waals surface area contributed by atoms with E-state index >= 15 is 0 Å². The number of nitrogens with one attached hydrogen (secondary N) is 3. The highest BCUT2D eigenvalue weighted by Crippen LogP contribution is 2.15. The molecule has 0 bridgehead atoms. The Morgan fingerprint density at radius 2 is 2.12 bits per heavy atom. The van der Waals surface area contributed by atoms with Crippen molar-refractivity contribution in [1.29, 1.82) is 0 Å². The Hall–Kier alpha value is -1.07. The lowest BCUT2D eigenvalue weighted by atomic mass is 10.0. The molecule has 2 amide bonds. The molecule has 0 radical (unpaired) electrons. The van der Waals surface area contributed by atoms with E-state index in [0.717, 1.165) is 29.7 Å². The van der Waals surface area contributed by atoms with Crippen molar-refractivity contribution in [3.63, 3.8) is 0 Å². The van der Waals surface area contributed by atoms with E-state index < -0.39 is 0 Å². The van der Waals surface area contributed by atoms with Crippen molar-refractivity contribution < 1.29 is 4.79 Å². The first-order valence-corrected chi connectivity index (χ1v) is 6.51. The lowest BCUT2D eigenvalue weighted by molar-refractivity contribution is 0.235. The van der Waals surface area contributed by atoms with Gasteiger partial charge in [-0.3, -0.25) is 0 Å². The van der Waals surface area contributed by atoms with Crippen LogP contribution < -0.4 is 16.0 Å². The summed E-state index contributed by atoms with van der Waals surface area (Å²) in [4.78, 5) is 11.5. The van der Waals surface area contributed by atoms with E-state index in [1.54, 1.807) is 0 Å². The molecule has 1 fully saturated rings. The molecule has 0 saturated carbocycles. The zero-order chi connectivity index (χ0) is 12.1. The Bertz CT molecular complexity index is 393. The molecule has 1 aromatic carbocycles. The van der Waals surface area contributed by atoms with Crippen molar-refractivity contribution in [1.82, 2.24) is 16.0 Å². The zero-order valence-corrected chi connectivity index (χ0v) is 11.1. The Kier molecular flexibility index (Phi) is 4.39. The fourth-order valence-corrected chi connectivity index (χ4v) is 2.03. The second-order valence-electron chi connectivity index (χ2n) is 4.18. The number of rotatable bonds is 4. The van der Waals surface area contributed by atoms with Crippen LogP contribution in [0, 0.1) is 5.92 Å². The lowest BCUT2D eigenvalue weighted by Crippen LogP contribution is -2.49. The monoisotopic (exact) mass is 297 g/mol. The Labute approximate surface area is 109 Å². The van der Waals surface area contributed by atoms with Crippen LogP contribution in [0.25, 0.3) is 0 Å². The van der Waals surface area contributed by atoms with Gasteiger partial charge >= 0.3 is 6.03 Å². The van der Waals surface area contributed by atoms with E-state index in [0.29, 0.717) is 12.5 Å². The molecule has 0 unspecified atom stereocenters. The summed E-state index contributed by atoms with van der Waals surface area (Å²) < 4.78 is 1.02. The average Bonchev–Trinajstić information content (AvgIpc) is 2.26. The van der Waals surface area contributed by atoms with Crippen LogP contribution in [-0.2, 0) is 6.54 Å². The van der Waals surface area contributed by atoms with Gasteiger partial charge in [0.15, 0.2) is 0 Å². The molecule has 0 aromatic heterocycles. The highest BCUT2D eigenvalue weighted by molar-refractivity contribution is 9.10. The SMILES string of the molecule is O=C(NCc1ccccc1Br)NCC1CNC1. The number of halogens is 1.